The van der Waals surface area contributed by atoms with Crippen molar-refractivity contribution in [2.45, 2.75) is 49.2 Å². The second-order valence-corrected chi connectivity index (χ2v) is 11.1. The van der Waals surface area contributed by atoms with Gasteiger partial charge in [-0.3, -0.25) is 9.69 Å². The Hall–Kier alpha value is -2.23. The van der Waals surface area contributed by atoms with Gasteiger partial charge in [-0.05, 0) is 43.1 Å². The normalized spacial score (nSPS) is 28.3. The molecule has 0 saturated carbocycles. The fourth-order valence-corrected chi connectivity index (χ4v) is 7.36. The lowest BCUT2D eigenvalue weighted by Crippen LogP contribution is -2.62. The molecular formula is C23H32N4O4S. The number of aromatic nitrogens is 2. The van der Waals surface area contributed by atoms with Crippen LogP contribution in [0.15, 0.2) is 47.9 Å². The van der Waals surface area contributed by atoms with Gasteiger partial charge in [-0.15, -0.1) is 0 Å². The summed E-state index contributed by atoms with van der Waals surface area (Å²) in [5, 5.41) is 7.07. The molecule has 4 atom stereocenters. The molecule has 174 valence electrons. The Kier molecular flexibility index (Phi) is 6.97. The molecule has 2 bridgehead atoms. The molecule has 0 amide bonds. The molecule has 8 nitrogen and oxygen atoms in total. The Morgan fingerprint density at radius 3 is 2.59 bits per heavy atom. The van der Waals surface area contributed by atoms with Crippen molar-refractivity contribution in [1.82, 2.24) is 18.8 Å². The number of carboxylic acid groups (broad SMARTS) is 1. The standard InChI is InChI=1S/C22H30N4O2S.CH2O2/c1-24-15-22(23-16-24)29(27,28)25-12-18-10-19(14-25)21-9-5-8-20(26(21)13-18)11-17-6-3-2-4-7-17;2-1-3/h2-4,6-7,15-16,18-21H,5,8-14H2,1H3;1H,(H,2,3)/t18-,19+,20+,21-;/m0./s1. The Morgan fingerprint density at radius 2 is 1.91 bits per heavy atom. The summed E-state index contributed by atoms with van der Waals surface area (Å²) >= 11 is 0. The van der Waals surface area contributed by atoms with Crippen LogP contribution < -0.4 is 0 Å². The van der Waals surface area contributed by atoms with Crippen LogP contribution in [0.5, 0.6) is 0 Å². The maximum absolute atomic E-state index is 13.1. The van der Waals surface area contributed by atoms with Crippen molar-refractivity contribution in [3.05, 3.63) is 48.4 Å². The van der Waals surface area contributed by atoms with Gasteiger partial charge in [0.25, 0.3) is 16.5 Å². The maximum atomic E-state index is 13.1. The van der Waals surface area contributed by atoms with E-state index in [0.717, 1.165) is 19.4 Å². The first-order valence-electron chi connectivity index (χ1n) is 11.3. The molecule has 2 aromatic rings. The van der Waals surface area contributed by atoms with Gasteiger partial charge in [0, 0.05) is 45.0 Å². The molecule has 9 heteroatoms. The fourth-order valence-electron chi connectivity index (χ4n) is 5.82. The summed E-state index contributed by atoms with van der Waals surface area (Å²) in [6.07, 6.45) is 9.13. The van der Waals surface area contributed by atoms with Crippen LogP contribution in [0, 0.1) is 11.8 Å². The lowest BCUT2D eigenvalue weighted by Gasteiger charge is -2.54. The van der Waals surface area contributed by atoms with E-state index in [1.807, 2.05) is 7.05 Å². The molecule has 1 aromatic carbocycles. The number of hydrogen-bond acceptors (Lipinski definition) is 5. The van der Waals surface area contributed by atoms with Crippen molar-refractivity contribution in [3.63, 3.8) is 0 Å². The quantitative estimate of drug-likeness (QED) is 0.703. The third-order valence-corrected chi connectivity index (χ3v) is 8.80. The smallest absolute Gasteiger partial charge is 0.290 e. The second kappa shape index (κ2) is 9.72. The zero-order valence-corrected chi connectivity index (χ0v) is 19.3. The van der Waals surface area contributed by atoms with E-state index in [-0.39, 0.29) is 11.5 Å². The number of benzene rings is 1. The Balaban J connectivity index is 0.000000775. The monoisotopic (exact) mass is 460 g/mol. The van der Waals surface area contributed by atoms with E-state index in [9.17, 15) is 8.42 Å². The maximum Gasteiger partial charge on any atom is 0.290 e. The SMILES string of the molecule is Cn1cnc(S(=O)(=O)N2C[C@@H]3C[C@H](C2)[C@@H]2CCC[C@H](Cc4ccccc4)N2C3)c1.O=CO. The molecule has 0 radical (unpaired) electrons. The topological polar surface area (TPSA) is 95.7 Å². The molecule has 0 aliphatic carbocycles. The number of aryl methyl sites for hydroxylation is 1. The minimum Gasteiger partial charge on any atom is -0.483 e. The predicted octanol–water partition coefficient (Wildman–Crippen LogP) is 2.23. The molecular weight excluding hydrogens is 428 g/mol. The van der Waals surface area contributed by atoms with Crippen molar-refractivity contribution < 1.29 is 18.3 Å². The molecule has 3 aliphatic rings. The number of rotatable bonds is 4. The van der Waals surface area contributed by atoms with Gasteiger partial charge in [-0.1, -0.05) is 36.8 Å². The summed E-state index contributed by atoms with van der Waals surface area (Å²) in [7, 11) is -1.69. The van der Waals surface area contributed by atoms with Gasteiger partial charge < -0.3 is 9.67 Å². The van der Waals surface area contributed by atoms with Gasteiger partial charge in [0.05, 0.1) is 6.33 Å². The van der Waals surface area contributed by atoms with E-state index in [1.54, 1.807) is 21.4 Å². The largest absolute Gasteiger partial charge is 0.483 e. The number of fused-ring (bicyclic) bond motifs is 4. The van der Waals surface area contributed by atoms with E-state index in [4.69, 9.17) is 9.90 Å². The van der Waals surface area contributed by atoms with Gasteiger partial charge >= 0.3 is 0 Å². The van der Waals surface area contributed by atoms with E-state index in [0.29, 0.717) is 37.0 Å². The van der Waals surface area contributed by atoms with Crippen molar-refractivity contribution in [2.75, 3.05) is 19.6 Å². The highest BCUT2D eigenvalue weighted by Gasteiger charge is 2.47. The molecule has 5 rings (SSSR count). The minimum atomic E-state index is -3.50. The van der Waals surface area contributed by atoms with Crippen LogP contribution in [0.4, 0.5) is 0 Å². The van der Waals surface area contributed by atoms with Crippen LogP contribution in [-0.2, 0) is 28.3 Å². The third kappa shape index (κ3) is 4.74. The highest BCUT2D eigenvalue weighted by molar-refractivity contribution is 7.89. The molecule has 0 unspecified atom stereocenters. The van der Waals surface area contributed by atoms with Gasteiger partial charge in [-0.2, -0.15) is 4.31 Å². The van der Waals surface area contributed by atoms with Crippen molar-refractivity contribution in [2.24, 2.45) is 18.9 Å². The van der Waals surface area contributed by atoms with Gasteiger partial charge in [0.1, 0.15) is 0 Å². The first-order chi connectivity index (χ1) is 15.4. The number of nitrogens with zero attached hydrogens (tertiary/aromatic N) is 4. The molecule has 4 heterocycles. The number of carbonyl (C=O) groups is 1. The first-order valence-corrected chi connectivity index (χ1v) is 12.7. The van der Waals surface area contributed by atoms with Crippen LogP contribution in [0.1, 0.15) is 31.2 Å². The van der Waals surface area contributed by atoms with Crippen molar-refractivity contribution in [1.29, 1.82) is 0 Å². The Morgan fingerprint density at radius 1 is 1.16 bits per heavy atom. The highest BCUT2D eigenvalue weighted by Crippen LogP contribution is 2.41. The fraction of sp³-hybridized carbons (Fsp3) is 0.565. The van der Waals surface area contributed by atoms with E-state index in [1.165, 1.54) is 24.8 Å². The molecule has 3 fully saturated rings. The summed E-state index contributed by atoms with van der Waals surface area (Å²) in [6, 6.07) is 11.9. The van der Waals surface area contributed by atoms with Crippen LogP contribution in [-0.4, -0.2) is 70.5 Å². The van der Waals surface area contributed by atoms with Gasteiger partial charge in [0.2, 0.25) is 0 Å². The second-order valence-electron chi connectivity index (χ2n) is 9.21. The highest BCUT2D eigenvalue weighted by atomic mass is 32.2. The van der Waals surface area contributed by atoms with E-state index < -0.39 is 10.0 Å². The predicted molar refractivity (Wildman–Crippen MR) is 121 cm³/mol. The zero-order valence-electron chi connectivity index (χ0n) is 18.5. The Bertz CT molecular complexity index is 1010. The number of piperidine rings is 3. The summed E-state index contributed by atoms with van der Waals surface area (Å²) < 4.78 is 29.7. The molecule has 1 N–H and O–H groups in total. The number of hydrogen-bond donors (Lipinski definition) is 1. The molecule has 0 spiro atoms. The summed E-state index contributed by atoms with van der Waals surface area (Å²) in [5.41, 5.74) is 1.41. The molecule has 3 saturated heterocycles. The van der Waals surface area contributed by atoms with Crippen LogP contribution in [0.25, 0.3) is 0 Å². The molecule has 3 aliphatic heterocycles. The van der Waals surface area contributed by atoms with Gasteiger partial charge in [0.15, 0.2) is 5.03 Å². The van der Waals surface area contributed by atoms with Crippen LogP contribution in [0.2, 0.25) is 0 Å². The average Bonchev–Trinajstić information content (AvgIpc) is 3.23. The number of imidazole rings is 1. The molecule has 32 heavy (non-hydrogen) atoms. The van der Waals surface area contributed by atoms with E-state index in [2.05, 4.69) is 40.2 Å². The third-order valence-electron chi connectivity index (χ3n) is 7.08. The Labute approximate surface area is 189 Å². The van der Waals surface area contributed by atoms with Crippen molar-refractivity contribution in [3.8, 4) is 0 Å². The average molecular weight is 461 g/mol. The number of sulfonamides is 1. The van der Waals surface area contributed by atoms with Crippen molar-refractivity contribution >= 4 is 16.5 Å². The van der Waals surface area contributed by atoms with Crippen LogP contribution in [0.3, 0.4) is 0 Å². The van der Waals surface area contributed by atoms with E-state index >= 15 is 0 Å². The first kappa shape index (κ1) is 22.9. The van der Waals surface area contributed by atoms with Gasteiger partial charge in [-0.25, -0.2) is 13.4 Å². The molecule has 1 aromatic heterocycles. The van der Waals surface area contributed by atoms with Crippen LogP contribution >= 0.6 is 0 Å². The summed E-state index contributed by atoms with van der Waals surface area (Å²) in [4.78, 5) is 15.2. The zero-order chi connectivity index (χ0) is 22.7. The minimum absolute atomic E-state index is 0.183. The lowest BCUT2D eigenvalue weighted by atomic mass is 9.74. The summed E-state index contributed by atoms with van der Waals surface area (Å²) in [5.74, 6) is 0.847. The lowest BCUT2D eigenvalue weighted by molar-refractivity contribution is -0.122. The summed E-state index contributed by atoms with van der Waals surface area (Å²) in [6.45, 7) is 2.03.